The molecular formula is C19H18N2O. The molecule has 0 bridgehead atoms. The van der Waals surface area contributed by atoms with Crippen LogP contribution in [0.5, 0.6) is 0 Å². The van der Waals surface area contributed by atoms with E-state index in [0.717, 1.165) is 28.6 Å². The van der Waals surface area contributed by atoms with E-state index in [1.54, 1.807) is 0 Å². The van der Waals surface area contributed by atoms with Gasteiger partial charge in [0.2, 0.25) is 0 Å². The van der Waals surface area contributed by atoms with Crippen molar-refractivity contribution in [3.8, 4) is 0 Å². The Morgan fingerprint density at radius 3 is 2.68 bits per heavy atom. The van der Waals surface area contributed by atoms with Crippen LogP contribution in [-0.2, 0) is 13.5 Å². The van der Waals surface area contributed by atoms with Gasteiger partial charge in [-0.2, -0.15) is 0 Å². The number of benzene rings is 2. The molecular weight excluding hydrogens is 272 g/mol. The predicted octanol–water partition coefficient (Wildman–Crippen LogP) is 3.77. The molecule has 0 saturated heterocycles. The third kappa shape index (κ3) is 1.78. The zero-order chi connectivity index (χ0) is 15.3. The largest absolute Gasteiger partial charge is 0.350 e. The smallest absolute Gasteiger partial charge is 0.260 e. The minimum atomic E-state index is 0.0919. The SMILES string of the molecule is CC1Cc2ccccc2N1C(=O)c1cn(C)c2ccccc12. The lowest BCUT2D eigenvalue weighted by Crippen LogP contribution is -2.35. The van der Waals surface area contributed by atoms with Gasteiger partial charge in [0.05, 0.1) is 5.56 Å². The third-order valence-corrected chi connectivity index (χ3v) is 4.55. The van der Waals surface area contributed by atoms with Gasteiger partial charge >= 0.3 is 0 Å². The molecule has 2 heterocycles. The van der Waals surface area contributed by atoms with Crippen LogP contribution < -0.4 is 4.90 Å². The third-order valence-electron chi connectivity index (χ3n) is 4.55. The van der Waals surface area contributed by atoms with Crippen LogP contribution in [0.1, 0.15) is 22.8 Å². The van der Waals surface area contributed by atoms with Gasteiger partial charge in [0.15, 0.2) is 0 Å². The Labute approximate surface area is 129 Å². The average Bonchev–Trinajstić information content (AvgIpc) is 3.04. The lowest BCUT2D eigenvalue weighted by atomic mass is 10.1. The first-order chi connectivity index (χ1) is 10.7. The maximum Gasteiger partial charge on any atom is 0.260 e. The van der Waals surface area contributed by atoms with E-state index in [4.69, 9.17) is 0 Å². The second-order valence-corrected chi connectivity index (χ2v) is 6.03. The van der Waals surface area contributed by atoms with E-state index < -0.39 is 0 Å². The summed E-state index contributed by atoms with van der Waals surface area (Å²) in [7, 11) is 1.99. The number of aromatic nitrogens is 1. The molecule has 0 fully saturated rings. The summed E-state index contributed by atoms with van der Waals surface area (Å²) in [5, 5.41) is 1.02. The molecule has 1 aliphatic heterocycles. The van der Waals surface area contributed by atoms with E-state index in [-0.39, 0.29) is 11.9 Å². The summed E-state index contributed by atoms with van der Waals surface area (Å²) in [6, 6.07) is 16.5. The van der Waals surface area contributed by atoms with Gasteiger partial charge in [-0.15, -0.1) is 0 Å². The fourth-order valence-corrected chi connectivity index (χ4v) is 3.52. The molecule has 110 valence electrons. The number of nitrogens with zero attached hydrogens (tertiary/aromatic N) is 2. The van der Waals surface area contributed by atoms with Crippen LogP contribution >= 0.6 is 0 Å². The molecule has 1 amide bonds. The van der Waals surface area contributed by atoms with Crippen LogP contribution in [0.15, 0.2) is 54.7 Å². The number of para-hydroxylation sites is 2. The first-order valence-corrected chi connectivity index (χ1v) is 7.62. The van der Waals surface area contributed by atoms with Gasteiger partial charge in [0.1, 0.15) is 0 Å². The fraction of sp³-hybridized carbons (Fsp3) is 0.211. The molecule has 2 aromatic carbocycles. The molecule has 0 aliphatic carbocycles. The maximum absolute atomic E-state index is 13.2. The zero-order valence-corrected chi connectivity index (χ0v) is 12.8. The van der Waals surface area contributed by atoms with Crippen molar-refractivity contribution in [1.82, 2.24) is 4.57 Å². The van der Waals surface area contributed by atoms with E-state index in [9.17, 15) is 4.79 Å². The van der Waals surface area contributed by atoms with Gasteiger partial charge in [-0.3, -0.25) is 4.79 Å². The molecule has 1 aromatic heterocycles. The summed E-state index contributed by atoms with van der Waals surface area (Å²) in [6.07, 6.45) is 2.87. The second-order valence-electron chi connectivity index (χ2n) is 6.03. The van der Waals surface area contributed by atoms with Crippen molar-refractivity contribution < 1.29 is 4.79 Å². The molecule has 0 saturated carbocycles. The van der Waals surface area contributed by atoms with E-state index >= 15 is 0 Å². The molecule has 4 rings (SSSR count). The lowest BCUT2D eigenvalue weighted by Gasteiger charge is -2.22. The molecule has 1 atom stereocenters. The summed E-state index contributed by atoms with van der Waals surface area (Å²) in [5.74, 6) is 0.0919. The lowest BCUT2D eigenvalue weighted by molar-refractivity contribution is 0.0983. The van der Waals surface area contributed by atoms with Crippen LogP contribution in [0.3, 0.4) is 0 Å². The maximum atomic E-state index is 13.2. The molecule has 1 unspecified atom stereocenters. The zero-order valence-electron chi connectivity index (χ0n) is 12.8. The number of amides is 1. The topological polar surface area (TPSA) is 25.2 Å². The first kappa shape index (κ1) is 13.1. The van der Waals surface area contributed by atoms with Crippen molar-refractivity contribution >= 4 is 22.5 Å². The van der Waals surface area contributed by atoms with Crippen molar-refractivity contribution in [1.29, 1.82) is 0 Å². The van der Waals surface area contributed by atoms with Crippen molar-refractivity contribution in [2.45, 2.75) is 19.4 Å². The van der Waals surface area contributed by atoms with Crippen molar-refractivity contribution in [3.63, 3.8) is 0 Å². The number of fused-ring (bicyclic) bond motifs is 2. The number of carbonyl (C=O) groups excluding carboxylic acids is 1. The van der Waals surface area contributed by atoms with Crippen LogP contribution in [0.25, 0.3) is 10.9 Å². The number of carbonyl (C=O) groups is 1. The Hall–Kier alpha value is -2.55. The summed E-state index contributed by atoms with van der Waals surface area (Å²) in [6.45, 7) is 2.11. The highest BCUT2D eigenvalue weighted by Gasteiger charge is 2.32. The molecule has 0 N–H and O–H groups in total. The average molecular weight is 290 g/mol. The highest BCUT2D eigenvalue weighted by Crippen LogP contribution is 2.34. The Kier molecular flexibility index (Phi) is 2.83. The van der Waals surface area contributed by atoms with E-state index in [1.165, 1.54) is 5.56 Å². The number of rotatable bonds is 1. The van der Waals surface area contributed by atoms with E-state index in [1.807, 2.05) is 65.2 Å². The van der Waals surface area contributed by atoms with Crippen LogP contribution in [0.4, 0.5) is 5.69 Å². The summed E-state index contributed by atoms with van der Waals surface area (Å²) in [5.41, 5.74) is 4.17. The molecule has 0 radical (unpaired) electrons. The Bertz CT molecular complexity index is 878. The number of hydrogen-bond donors (Lipinski definition) is 0. The van der Waals surface area contributed by atoms with Crippen molar-refractivity contribution in [3.05, 3.63) is 65.9 Å². The Morgan fingerprint density at radius 1 is 1.09 bits per heavy atom. The highest BCUT2D eigenvalue weighted by atomic mass is 16.2. The van der Waals surface area contributed by atoms with E-state index in [2.05, 4.69) is 13.0 Å². The van der Waals surface area contributed by atoms with E-state index in [0.29, 0.717) is 0 Å². The fourth-order valence-electron chi connectivity index (χ4n) is 3.52. The first-order valence-electron chi connectivity index (χ1n) is 7.62. The number of hydrogen-bond acceptors (Lipinski definition) is 1. The summed E-state index contributed by atoms with van der Waals surface area (Å²) >= 11 is 0. The van der Waals surface area contributed by atoms with Crippen molar-refractivity contribution in [2.24, 2.45) is 7.05 Å². The molecule has 1 aliphatic rings. The highest BCUT2D eigenvalue weighted by molar-refractivity contribution is 6.15. The molecule has 22 heavy (non-hydrogen) atoms. The molecule has 0 spiro atoms. The van der Waals surface area contributed by atoms with Gasteiger partial charge in [-0.1, -0.05) is 36.4 Å². The summed E-state index contributed by atoms with van der Waals surface area (Å²) < 4.78 is 2.02. The minimum Gasteiger partial charge on any atom is -0.350 e. The van der Waals surface area contributed by atoms with Crippen LogP contribution in [-0.4, -0.2) is 16.5 Å². The number of anilines is 1. The normalized spacial score (nSPS) is 17.0. The van der Waals surface area contributed by atoms with Gasteiger partial charge < -0.3 is 9.47 Å². The molecule has 3 nitrogen and oxygen atoms in total. The quantitative estimate of drug-likeness (QED) is 0.669. The standard InChI is InChI=1S/C19H18N2O/c1-13-11-14-7-3-5-9-17(14)21(13)19(22)16-12-20(2)18-10-6-4-8-15(16)18/h3-10,12-13H,11H2,1-2H3. The number of aryl methyl sites for hydroxylation is 1. The van der Waals surface area contributed by atoms with Gasteiger partial charge in [-0.05, 0) is 31.0 Å². The summed E-state index contributed by atoms with van der Waals surface area (Å²) in [4.78, 5) is 15.1. The predicted molar refractivity (Wildman–Crippen MR) is 89.3 cm³/mol. The molecule has 3 aromatic rings. The Balaban J connectivity index is 1.85. The van der Waals surface area contributed by atoms with Crippen LogP contribution in [0.2, 0.25) is 0 Å². The second kappa shape index (κ2) is 4.73. The van der Waals surface area contributed by atoms with Crippen LogP contribution in [0, 0.1) is 0 Å². The van der Waals surface area contributed by atoms with Gasteiger partial charge in [0, 0.05) is 35.9 Å². The minimum absolute atomic E-state index is 0.0919. The molecule has 3 heteroatoms. The van der Waals surface area contributed by atoms with Gasteiger partial charge in [-0.25, -0.2) is 0 Å². The van der Waals surface area contributed by atoms with Crippen molar-refractivity contribution in [2.75, 3.05) is 4.90 Å². The van der Waals surface area contributed by atoms with Gasteiger partial charge in [0.25, 0.3) is 5.91 Å². The monoisotopic (exact) mass is 290 g/mol. The Morgan fingerprint density at radius 2 is 1.82 bits per heavy atom.